The molecule has 2 aromatic heterocycles. The van der Waals surface area contributed by atoms with Gasteiger partial charge in [-0.15, -0.1) is 21.5 Å². The van der Waals surface area contributed by atoms with E-state index >= 15 is 0 Å². The van der Waals surface area contributed by atoms with Crippen molar-refractivity contribution in [3.05, 3.63) is 52.3 Å². The van der Waals surface area contributed by atoms with Crippen molar-refractivity contribution in [2.24, 2.45) is 0 Å². The lowest BCUT2D eigenvalue weighted by Gasteiger charge is -2.40. The van der Waals surface area contributed by atoms with Gasteiger partial charge in [-0.25, -0.2) is 0 Å². The Morgan fingerprint density at radius 2 is 2.00 bits per heavy atom. The molecule has 1 aliphatic rings. The van der Waals surface area contributed by atoms with Crippen LogP contribution in [-0.4, -0.2) is 57.5 Å². The molecular weight excluding hydrogens is 418 g/mol. The summed E-state index contributed by atoms with van der Waals surface area (Å²) >= 11 is 2.90. The fourth-order valence-electron chi connectivity index (χ4n) is 3.69. The molecule has 0 bridgehead atoms. The van der Waals surface area contributed by atoms with Crippen LogP contribution in [0.5, 0.6) is 0 Å². The van der Waals surface area contributed by atoms with Crippen LogP contribution in [0, 0.1) is 0 Å². The molecule has 1 aliphatic heterocycles. The molecule has 3 aromatic rings. The van der Waals surface area contributed by atoms with E-state index in [9.17, 15) is 9.59 Å². The zero-order valence-corrected chi connectivity index (χ0v) is 18.3. The number of anilines is 1. The largest absolute Gasteiger partial charge is 0.374 e. The van der Waals surface area contributed by atoms with Crippen LogP contribution in [0.4, 0.5) is 5.13 Å². The van der Waals surface area contributed by atoms with Crippen molar-refractivity contribution in [2.45, 2.75) is 25.8 Å². The van der Waals surface area contributed by atoms with Crippen LogP contribution in [0.3, 0.4) is 0 Å². The number of rotatable bonds is 6. The number of nitrogens with two attached hydrogens (primary N) is 1. The fourth-order valence-corrected chi connectivity index (χ4v) is 5.02. The summed E-state index contributed by atoms with van der Waals surface area (Å²) < 4.78 is 0. The summed E-state index contributed by atoms with van der Waals surface area (Å²) in [6, 6.07) is 11.8. The Labute approximate surface area is 183 Å². The Bertz CT molecular complexity index is 1020. The summed E-state index contributed by atoms with van der Waals surface area (Å²) in [5.74, 6) is -0.119. The zero-order valence-electron chi connectivity index (χ0n) is 16.7. The molecule has 2 N–H and O–H groups in total. The van der Waals surface area contributed by atoms with Crippen molar-refractivity contribution >= 4 is 39.6 Å². The van der Waals surface area contributed by atoms with Crippen LogP contribution in [0.15, 0.2) is 41.8 Å². The van der Waals surface area contributed by atoms with E-state index in [2.05, 4.69) is 33.8 Å². The molecule has 4 rings (SSSR count). The molecule has 9 heteroatoms. The van der Waals surface area contributed by atoms with Crippen molar-refractivity contribution in [1.29, 1.82) is 0 Å². The molecule has 3 heterocycles. The minimum absolute atomic E-state index is 0.00351. The van der Waals surface area contributed by atoms with Crippen LogP contribution < -0.4 is 5.73 Å². The van der Waals surface area contributed by atoms with E-state index in [0.29, 0.717) is 36.2 Å². The normalized spacial score (nSPS) is 16.8. The van der Waals surface area contributed by atoms with Crippen molar-refractivity contribution in [1.82, 2.24) is 20.0 Å². The van der Waals surface area contributed by atoms with Gasteiger partial charge in [-0.1, -0.05) is 41.7 Å². The molecule has 1 saturated heterocycles. The number of nitrogen functional groups attached to an aromatic ring is 1. The molecule has 30 heavy (non-hydrogen) atoms. The average Bonchev–Trinajstić information content (AvgIpc) is 3.42. The lowest BCUT2D eigenvalue weighted by Crippen LogP contribution is -2.59. The molecule has 0 radical (unpaired) electrons. The first kappa shape index (κ1) is 20.5. The van der Waals surface area contributed by atoms with Gasteiger partial charge >= 0.3 is 0 Å². The number of aromatic nitrogens is 2. The Kier molecular flexibility index (Phi) is 6.10. The van der Waals surface area contributed by atoms with Gasteiger partial charge in [0, 0.05) is 30.9 Å². The van der Waals surface area contributed by atoms with Gasteiger partial charge in [-0.05, 0) is 29.5 Å². The van der Waals surface area contributed by atoms with E-state index in [0.717, 1.165) is 11.1 Å². The highest BCUT2D eigenvalue weighted by atomic mass is 32.1. The second kappa shape index (κ2) is 8.93. The van der Waals surface area contributed by atoms with Crippen molar-refractivity contribution in [2.75, 3.05) is 25.4 Å². The van der Waals surface area contributed by atoms with E-state index in [1.807, 2.05) is 30.0 Å². The van der Waals surface area contributed by atoms with Crippen LogP contribution in [0.25, 0.3) is 10.4 Å². The molecule has 1 atom stereocenters. The first-order valence-corrected chi connectivity index (χ1v) is 11.5. The number of thiophene rings is 1. The summed E-state index contributed by atoms with van der Waals surface area (Å²) in [4.78, 5) is 30.8. The minimum atomic E-state index is -0.510. The molecular formula is C21H23N5O2S2. The van der Waals surface area contributed by atoms with Crippen LogP contribution in [0.2, 0.25) is 0 Å². The van der Waals surface area contributed by atoms with Gasteiger partial charge in [-0.2, -0.15) is 0 Å². The first-order chi connectivity index (χ1) is 14.5. The van der Waals surface area contributed by atoms with E-state index < -0.39 is 6.04 Å². The van der Waals surface area contributed by atoms with E-state index in [-0.39, 0.29) is 18.2 Å². The van der Waals surface area contributed by atoms with E-state index in [1.165, 1.54) is 16.2 Å². The standard InChI is InChI=1S/C21H23N5O2S2/c1-2-25-9-10-26(19(27)13-18-23-24-21(22)30-18)16(20(25)28)12-14-5-7-15(8-6-14)17-4-3-11-29-17/h3-8,11,16H,2,9-10,12-13H2,1H3,(H2,22,24). The number of benzene rings is 1. The number of hydrogen-bond donors (Lipinski definition) is 1. The van der Waals surface area contributed by atoms with Gasteiger partial charge in [0.25, 0.3) is 0 Å². The Balaban J connectivity index is 1.52. The number of nitrogens with zero attached hydrogens (tertiary/aromatic N) is 4. The van der Waals surface area contributed by atoms with E-state index in [1.54, 1.807) is 16.2 Å². The maximum absolute atomic E-state index is 13.1. The summed E-state index contributed by atoms with van der Waals surface area (Å²) in [5.41, 5.74) is 7.81. The van der Waals surface area contributed by atoms with E-state index in [4.69, 9.17) is 5.73 Å². The van der Waals surface area contributed by atoms with Gasteiger partial charge in [0.15, 0.2) is 0 Å². The molecule has 0 aliphatic carbocycles. The molecule has 1 fully saturated rings. The number of amides is 2. The molecule has 2 amide bonds. The molecule has 7 nitrogen and oxygen atoms in total. The Morgan fingerprint density at radius 3 is 2.63 bits per heavy atom. The third-order valence-corrected chi connectivity index (χ3v) is 6.93. The monoisotopic (exact) mass is 441 g/mol. The fraction of sp³-hybridized carbons (Fsp3) is 0.333. The summed E-state index contributed by atoms with van der Waals surface area (Å²) in [6.07, 6.45) is 0.603. The third kappa shape index (κ3) is 4.36. The Hall–Kier alpha value is -2.78. The molecule has 1 unspecified atom stereocenters. The van der Waals surface area contributed by atoms with Crippen LogP contribution >= 0.6 is 22.7 Å². The highest BCUT2D eigenvalue weighted by Gasteiger charge is 2.37. The smallest absolute Gasteiger partial charge is 0.245 e. The molecule has 1 aromatic carbocycles. The highest BCUT2D eigenvalue weighted by Crippen LogP contribution is 2.26. The Morgan fingerprint density at radius 1 is 1.20 bits per heavy atom. The predicted octanol–water partition coefficient (Wildman–Crippen LogP) is 2.69. The van der Waals surface area contributed by atoms with Crippen LogP contribution in [0.1, 0.15) is 17.5 Å². The van der Waals surface area contributed by atoms with Crippen molar-refractivity contribution in [3.8, 4) is 10.4 Å². The first-order valence-electron chi connectivity index (χ1n) is 9.84. The maximum atomic E-state index is 13.1. The quantitative estimate of drug-likeness (QED) is 0.635. The number of carbonyl (C=O) groups excluding carboxylic acids is 2. The number of likely N-dealkylation sites (N-methyl/N-ethyl adjacent to an activating group) is 1. The lowest BCUT2D eigenvalue weighted by molar-refractivity contribution is -0.150. The number of hydrogen-bond acceptors (Lipinski definition) is 7. The summed E-state index contributed by atoms with van der Waals surface area (Å²) in [7, 11) is 0. The lowest BCUT2D eigenvalue weighted by atomic mass is 9.99. The molecule has 0 spiro atoms. The topological polar surface area (TPSA) is 92.4 Å². The summed E-state index contributed by atoms with van der Waals surface area (Å²) in [5, 5.41) is 10.7. The van der Waals surface area contributed by atoms with Crippen LogP contribution in [-0.2, 0) is 22.4 Å². The SMILES string of the molecule is CCN1CCN(C(=O)Cc2nnc(N)s2)C(Cc2ccc(-c3cccs3)cc2)C1=O. The minimum Gasteiger partial charge on any atom is -0.374 e. The third-order valence-electron chi connectivity index (χ3n) is 5.26. The van der Waals surface area contributed by atoms with Crippen molar-refractivity contribution in [3.63, 3.8) is 0 Å². The van der Waals surface area contributed by atoms with Gasteiger partial charge in [0.1, 0.15) is 11.0 Å². The second-order valence-corrected chi connectivity index (χ2v) is 9.15. The number of carbonyl (C=O) groups is 2. The van der Waals surface area contributed by atoms with Gasteiger partial charge in [0.2, 0.25) is 16.9 Å². The van der Waals surface area contributed by atoms with Gasteiger partial charge < -0.3 is 15.5 Å². The van der Waals surface area contributed by atoms with Gasteiger partial charge in [-0.3, -0.25) is 9.59 Å². The average molecular weight is 442 g/mol. The molecule has 156 valence electrons. The maximum Gasteiger partial charge on any atom is 0.245 e. The zero-order chi connectivity index (χ0) is 21.1. The predicted molar refractivity (Wildman–Crippen MR) is 119 cm³/mol. The highest BCUT2D eigenvalue weighted by molar-refractivity contribution is 7.15. The number of piperazine rings is 1. The molecule has 0 saturated carbocycles. The van der Waals surface area contributed by atoms with Gasteiger partial charge in [0.05, 0.1) is 6.42 Å². The summed E-state index contributed by atoms with van der Waals surface area (Å²) in [6.45, 7) is 3.67. The second-order valence-electron chi connectivity index (χ2n) is 7.11. The van der Waals surface area contributed by atoms with Crippen molar-refractivity contribution < 1.29 is 9.59 Å².